The molecule has 1 atom stereocenters. The minimum Gasteiger partial charge on any atom is -0.453 e. The normalized spacial score (nSPS) is 18.6. The number of halogens is 1. The van der Waals surface area contributed by atoms with Crippen molar-refractivity contribution in [3.8, 4) is 11.5 Å². The van der Waals surface area contributed by atoms with Crippen molar-refractivity contribution in [2.75, 3.05) is 13.1 Å². The highest BCUT2D eigenvalue weighted by Gasteiger charge is 2.29. The van der Waals surface area contributed by atoms with Crippen LogP contribution in [0.4, 0.5) is 4.39 Å². The molecule has 7 nitrogen and oxygen atoms in total. The number of likely N-dealkylation sites (tertiary alicyclic amines) is 1. The van der Waals surface area contributed by atoms with E-state index in [1.54, 1.807) is 24.4 Å². The van der Waals surface area contributed by atoms with E-state index in [0.29, 0.717) is 17.0 Å². The Labute approximate surface area is 198 Å². The van der Waals surface area contributed by atoms with Crippen molar-refractivity contribution in [3.05, 3.63) is 53.6 Å². The zero-order valence-electron chi connectivity index (χ0n) is 19.5. The number of nitrogens with one attached hydrogen (secondary N) is 2. The van der Waals surface area contributed by atoms with E-state index >= 15 is 0 Å². The Kier molecular flexibility index (Phi) is 6.52. The fourth-order valence-corrected chi connectivity index (χ4v) is 4.96. The van der Waals surface area contributed by atoms with Gasteiger partial charge in [0.1, 0.15) is 11.4 Å². The summed E-state index contributed by atoms with van der Waals surface area (Å²) in [5, 5.41) is 3.92. The number of amides is 1. The summed E-state index contributed by atoms with van der Waals surface area (Å²) in [5.74, 6) is -0.0144. The van der Waals surface area contributed by atoms with Crippen molar-refractivity contribution in [2.45, 2.75) is 63.6 Å². The van der Waals surface area contributed by atoms with Gasteiger partial charge in [-0.05, 0) is 68.4 Å². The summed E-state index contributed by atoms with van der Waals surface area (Å²) in [5.41, 5.74) is 8.49. The number of hydrogen-bond donors (Lipinski definition) is 3. The SMILES string of the molecule is Cc1c[nH]c2nccc(Oc3ccc(CC(N)C(=O)NC4CCN(C5CCC5)CC4)cc3F)c12. The Morgan fingerprint density at radius 1 is 1.26 bits per heavy atom. The lowest BCUT2D eigenvalue weighted by Crippen LogP contribution is -2.52. The number of benzene rings is 1. The van der Waals surface area contributed by atoms with E-state index in [-0.39, 0.29) is 24.1 Å². The van der Waals surface area contributed by atoms with Crippen LogP contribution in [0.15, 0.2) is 36.7 Å². The number of carbonyl (C=O) groups is 1. The van der Waals surface area contributed by atoms with E-state index in [4.69, 9.17) is 10.5 Å². The summed E-state index contributed by atoms with van der Waals surface area (Å²) in [7, 11) is 0. The van der Waals surface area contributed by atoms with Crippen LogP contribution >= 0.6 is 0 Å². The molecule has 34 heavy (non-hydrogen) atoms. The summed E-state index contributed by atoms with van der Waals surface area (Å²) in [6, 6.07) is 6.63. The van der Waals surface area contributed by atoms with Crippen LogP contribution < -0.4 is 15.8 Å². The molecule has 1 unspecified atom stereocenters. The Bertz CT molecular complexity index is 1170. The molecular weight excluding hydrogens is 433 g/mol. The minimum atomic E-state index is -0.724. The van der Waals surface area contributed by atoms with E-state index in [9.17, 15) is 9.18 Å². The number of aromatic nitrogens is 2. The van der Waals surface area contributed by atoms with Crippen molar-refractivity contribution in [1.82, 2.24) is 20.2 Å². The van der Waals surface area contributed by atoms with Crippen molar-refractivity contribution in [1.29, 1.82) is 0 Å². The summed E-state index contributed by atoms with van der Waals surface area (Å²) >= 11 is 0. The largest absolute Gasteiger partial charge is 0.453 e. The predicted octanol–water partition coefficient (Wildman–Crippen LogP) is 3.81. The van der Waals surface area contributed by atoms with Gasteiger partial charge < -0.3 is 25.7 Å². The lowest BCUT2D eigenvalue weighted by molar-refractivity contribution is -0.123. The maximum absolute atomic E-state index is 14.8. The van der Waals surface area contributed by atoms with E-state index in [1.807, 2.05) is 13.1 Å². The second-order valence-electron chi connectivity index (χ2n) is 9.59. The molecule has 8 heteroatoms. The van der Waals surface area contributed by atoms with Crippen molar-refractivity contribution >= 4 is 16.9 Å². The molecule has 0 bridgehead atoms. The van der Waals surface area contributed by atoms with Crippen LogP contribution in [-0.2, 0) is 11.2 Å². The number of pyridine rings is 1. The number of fused-ring (bicyclic) bond motifs is 1. The minimum absolute atomic E-state index is 0.119. The first-order chi connectivity index (χ1) is 16.5. The molecule has 1 aliphatic heterocycles. The third-order valence-electron chi connectivity index (χ3n) is 7.21. The van der Waals surface area contributed by atoms with Crippen molar-refractivity contribution < 1.29 is 13.9 Å². The molecule has 0 spiro atoms. The van der Waals surface area contributed by atoms with Gasteiger partial charge >= 0.3 is 0 Å². The molecule has 1 saturated heterocycles. The average Bonchev–Trinajstić information content (AvgIpc) is 3.17. The molecule has 1 amide bonds. The summed E-state index contributed by atoms with van der Waals surface area (Å²) in [4.78, 5) is 22.5. The number of ether oxygens (including phenoxy) is 1. The predicted molar refractivity (Wildman–Crippen MR) is 129 cm³/mol. The first-order valence-electron chi connectivity index (χ1n) is 12.2. The smallest absolute Gasteiger partial charge is 0.237 e. The van der Waals surface area contributed by atoms with E-state index in [1.165, 1.54) is 25.3 Å². The molecule has 2 aliphatic rings. The first-order valence-corrected chi connectivity index (χ1v) is 12.2. The molecule has 2 fully saturated rings. The number of H-pyrrole nitrogens is 1. The molecule has 1 aliphatic carbocycles. The molecule has 3 aromatic rings. The quantitative estimate of drug-likeness (QED) is 0.493. The highest BCUT2D eigenvalue weighted by Crippen LogP contribution is 2.32. The standard InChI is InChI=1S/C26H32FN5O2/c1-16-15-30-25-24(16)23(7-10-29-25)34-22-6-5-17(13-20(22)27)14-21(28)26(33)31-18-8-11-32(12-9-18)19-3-2-4-19/h5-7,10,13,15,18-19,21H,2-4,8-9,11-12,14,28H2,1H3,(H,29,30)(H,31,33). The first kappa shape index (κ1) is 22.8. The number of carbonyl (C=O) groups excluding carboxylic acids is 1. The van der Waals surface area contributed by atoms with Crippen LogP contribution in [0.2, 0.25) is 0 Å². The Morgan fingerprint density at radius 3 is 2.76 bits per heavy atom. The number of rotatable bonds is 7. The fraction of sp³-hybridized carbons (Fsp3) is 0.462. The highest BCUT2D eigenvalue weighted by atomic mass is 19.1. The zero-order valence-corrected chi connectivity index (χ0v) is 19.5. The van der Waals surface area contributed by atoms with Gasteiger partial charge in [0.15, 0.2) is 11.6 Å². The van der Waals surface area contributed by atoms with E-state index in [2.05, 4.69) is 20.2 Å². The third-order valence-corrected chi connectivity index (χ3v) is 7.21. The number of hydrogen-bond acceptors (Lipinski definition) is 5. The highest BCUT2D eigenvalue weighted by molar-refractivity contribution is 5.86. The van der Waals surface area contributed by atoms with Crippen molar-refractivity contribution in [2.24, 2.45) is 5.73 Å². The summed E-state index contributed by atoms with van der Waals surface area (Å²) < 4.78 is 20.7. The van der Waals surface area contributed by atoms with Gasteiger partial charge in [0.25, 0.3) is 0 Å². The Balaban J connectivity index is 1.16. The van der Waals surface area contributed by atoms with Gasteiger partial charge in [0.05, 0.1) is 11.4 Å². The molecule has 3 heterocycles. The van der Waals surface area contributed by atoms with Gasteiger partial charge in [-0.25, -0.2) is 9.37 Å². The lowest BCUT2D eigenvalue weighted by atomic mass is 9.89. The van der Waals surface area contributed by atoms with Crippen LogP contribution in [0.5, 0.6) is 11.5 Å². The molecule has 2 aromatic heterocycles. The molecular formula is C26H32FN5O2. The second kappa shape index (κ2) is 9.72. The molecule has 180 valence electrons. The van der Waals surface area contributed by atoms with E-state index in [0.717, 1.165) is 42.9 Å². The topological polar surface area (TPSA) is 96.3 Å². The zero-order chi connectivity index (χ0) is 23.7. The number of nitrogens with two attached hydrogens (primary N) is 1. The van der Waals surface area contributed by atoms with Gasteiger partial charge in [-0.1, -0.05) is 12.5 Å². The molecule has 0 radical (unpaired) electrons. The maximum Gasteiger partial charge on any atom is 0.237 e. The van der Waals surface area contributed by atoms with Crippen LogP contribution in [0.3, 0.4) is 0 Å². The van der Waals surface area contributed by atoms with E-state index < -0.39 is 11.9 Å². The summed E-state index contributed by atoms with van der Waals surface area (Å²) in [6.45, 7) is 4.00. The maximum atomic E-state index is 14.8. The number of piperidine rings is 1. The van der Waals surface area contributed by atoms with Crippen molar-refractivity contribution in [3.63, 3.8) is 0 Å². The van der Waals surface area contributed by atoms with Gasteiger partial charge in [-0.15, -0.1) is 0 Å². The molecule has 1 saturated carbocycles. The van der Waals surface area contributed by atoms with Gasteiger partial charge in [0, 0.05) is 37.6 Å². The van der Waals surface area contributed by atoms with Crippen LogP contribution in [0.1, 0.15) is 43.2 Å². The Morgan fingerprint density at radius 2 is 2.06 bits per heavy atom. The monoisotopic (exact) mass is 465 g/mol. The molecule has 4 N–H and O–H groups in total. The number of aromatic amines is 1. The van der Waals surface area contributed by atoms with Crippen LogP contribution in [-0.4, -0.2) is 52.0 Å². The molecule has 5 rings (SSSR count). The second-order valence-corrected chi connectivity index (χ2v) is 9.59. The fourth-order valence-electron chi connectivity index (χ4n) is 4.96. The van der Waals surface area contributed by atoms with Crippen LogP contribution in [0, 0.1) is 12.7 Å². The van der Waals surface area contributed by atoms with Gasteiger partial charge in [-0.2, -0.15) is 0 Å². The average molecular weight is 466 g/mol. The van der Waals surface area contributed by atoms with Gasteiger partial charge in [0.2, 0.25) is 5.91 Å². The number of nitrogens with zero attached hydrogens (tertiary/aromatic N) is 2. The molecule has 1 aromatic carbocycles. The van der Waals surface area contributed by atoms with Crippen LogP contribution in [0.25, 0.3) is 11.0 Å². The number of aryl methyl sites for hydroxylation is 1. The lowest BCUT2D eigenvalue weighted by Gasteiger charge is -2.42. The Hall–Kier alpha value is -2.97. The summed E-state index contributed by atoms with van der Waals surface area (Å²) in [6.07, 6.45) is 9.59. The van der Waals surface area contributed by atoms with Gasteiger partial charge in [-0.3, -0.25) is 4.79 Å². The third kappa shape index (κ3) is 4.79.